The molecule has 0 spiro atoms. The van der Waals surface area contributed by atoms with Gasteiger partial charge < -0.3 is 14.4 Å². The van der Waals surface area contributed by atoms with Crippen molar-refractivity contribution >= 4 is 21.9 Å². The molecule has 0 bridgehead atoms. The van der Waals surface area contributed by atoms with Gasteiger partial charge in [-0.3, -0.25) is 4.98 Å². The molecule has 0 amide bonds. The molecule has 1 fully saturated rings. The van der Waals surface area contributed by atoms with Crippen LogP contribution in [-0.4, -0.2) is 42.9 Å². The Bertz CT molecular complexity index is 1620. The van der Waals surface area contributed by atoms with Crippen LogP contribution >= 0.6 is 0 Å². The molecule has 0 radical (unpaired) electrons. The van der Waals surface area contributed by atoms with Crippen LogP contribution in [0.25, 0.3) is 33.2 Å². The Kier molecular flexibility index (Phi) is 5.26. The summed E-state index contributed by atoms with van der Waals surface area (Å²) in [7, 11) is 1.77. The summed E-state index contributed by atoms with van der Waals surface area (Å²) in [6.07, 6.45) is 1.68. The van der Waals surface area contributed by atoms with Gasteiger partial charge in [0, 0.05) is 35.2 Å². The molecule has 1 unspecified atom stereocenters. The van der Waals surface area contributed by atoms with Crippen molar-refractivity contribution < 1.29 is 14.2 Å². The van der Waals surface area contributed by atoms with Gasteiger partial charge in [0.05, 0.1) is 52.8 Å². The molecule has 1 saturated heterocycles. The van der Waals surface area contributed by atoms with Crippen LogP contribution in [0.3, 0.4) is 0 Å². The minimum Gasteiger partial charge on any atom is -0.386 e. The number of nitrogens with zero attached hydrogens (tertiary/aromatic N) is 5. The van der Waals surface area contributed by atoms with E-state index in [-0.39, 0.29) is 17.3 Å². The molecule has 190 valence electrons. The van der Waals surface area contributed by atoms with Gasteiger partial charge in [0.25, 0.3) is 0 Å². The third-order valence-electron chi connectivity index (χ3n) is 7.58. The molecular weight excluding hydrogens is 469 g/mol. The lowest BCUT2D eigenvalue weighted by Gasteiger charge is -2.45. The summed E-state index contributed by atoms with van der Waals surface area (Å²) in [6.45, 7) is 8.75. The van der Waals surface area contributed by atoms with Gasteiger partial charge in [-0.15, -0.1) is 5.10 Å². The van der Waals surface area contributed by atoms with Crippen LogP contribution in [-0.2, 0) is 17.4 Å². The third kappa shape index (κ3) is 3.66. The zero-order valence-corrected chi connectivity index (χ0v) is 21.7. The molecule has 37 heavy (non-hydrogen) atoms. The maximum atomic E-state index is 15.7. The highest BCUT2D eigenvalue weighted by Crippen LogP contribution is 2.47. The number of benzene rings is 2. The van der Waals surface area contributed by atoms with Crippen molar-refractivity contribution in [1.82, 2.24) is 24.5 Å². The van der Waals surface area contributed by atoms with Crippen molar-refractivity contribution in [3.8, 4) is 11.3 Å². The molecule has 1 aliphatic rings. The van der Waals surface area contributed by atoms with Crippen molar-refractivity contribution in [3.05, 3.63) is 77.4 Å². The van der Waals surface area contributed by atoms with Crippen LogP contribution in [0.15, 0.2) is 54.7 Å². The van der Waals surface area contributed by atoms with Crippen molar-refractivity contribution in [2.24, 2.45) is 12.5 Å². The largest absolute Gasteiger partial charge is 0.386 e. The molecule has 4 heterocycles. The van der Waals surface area contributed by atoms with Crippen LogP contribution in [0.1, 0.15) is 43.6 Å². The van der Waals surface area contributed by atoms with Crippen molar-refractivity contribution in [2.75, 3.05) is 13.2 Å². The average Bonchev–Trinajstić information content (AvgIpc) is 3.33. The lowest BCUT2D eigenvalue weighted by atomic mass is 9.76. The van der Waals surface area contributed by atoms with Gasteiger partial charge in [-0.2, -0.15) is 0 Å². The van der Waals surface area contributed by atoms with Gasteiger partial charge in [0.1, 0.15) is 5.82 Å². The van der Waals surface area contributed by atoms with Gasteiger partial charge in [-0.25, -0.2) is 9.07 Å². The van der Waals surface area contributed by atoms with Crippen LogP contribution < -0.4 is 0 Å². The maximum absolute atomic E-state index is 15.7. The molecule has 2 aromatic carbocycles. The van der Waals surface area contributed by atoms with Gasteiger partial charge in [-0.1, -0.05) is 42.5 Å². The van der Waals surface area contributed by atoms with Gasteiger partial charge in [0.2, 0.25) is 0 Å². The van der Waals surface area contributed by atoms with E-state index in [9.17, 15) is 5.11 Å². The maximum Gasteiger partial charge on any atom is 0.133 e. The fourth-order valence-electron chi connectivity index (χ4n) is 5.63. The predicted molar refractivity (Wildman–Crippen MR) is 141 cm³/mol. The molecule has 1 N–H and O–H groups in total. The highest BCUT2D eigenvalue weighted by Gasteiger charge is 2.44. The molecule has 3 aromatic heterocycles. The number of pyridine rings is 1. The zero-order valence-electron chi connectivity index (χ0n) is 21.7. The molecule has 8 heteroatoms. The number of hydrogen-bond acceptors (Lipinski definition) is 5. The number of aryl methyl sites for hydroxylation is 2. The Morgan fingerprint density at radius 1 is 1.11 bits per heavy atom. The van der Waals surface area contributed by atoms with Crippen LogP contribution in [0.4, 0.5) is 4.39 Å². The predicted octanol–water partition coefficient (Wildman–Crippen LogP) is 5.29. The number of aromatic nitrogens is 5. The van der Waals surface area contributed by atoms with Crippen LogP contribution in [0.5, 0.6) is 0 Å². The zero-order chi connectivity index (χ0) is 26.1. The van der Waals surface area contributed by atoms with E-state index in [0.717, 1.165) is 22.0 Å². The first-order chi connectivity index (χ1) is 17.6. The summed E-state index contributed by atoms with van der Waals surface area (Å²) < 4.78 is 25.3. The Morgan fingerprint density at radius 2 is 1.84 bits per heavy atom. The molecule has 7 nitrogen and oxygen atoms in total. The third-order valence-corrected chi connectivity index (χ3v) is 7.58. The van der Waals surface area contributed by atoms with Crippen LogP contribution in [0, 0.1) is 18.2 Å². The normalized spacial score (nSPS) is 16.3. The van der Waals surface area contributed by atoms with Crippen LogP contribution in [0.2, 0.25) is 0 Å². The minimum absolute atomic E-state index is 0.106. The molecule has 0 saturated carbocycles. The summed E-state index contributed by atoms with van der Waals surface area (Å²) in [5.41, 5.74) is 4.67. The Morgan fingerprint density at radius 3 is 2.43 bits per heavy atom. The number of hydrogen-bond donors (Lipinski definition) is 1. The summed E-state index contributed by atoms with van der Waals surface area (Å²) in [6, 6.07) is 15.7. The molecular formula is C29H30FN5O2. The van der Waals surface area contributed by atoms with Gasteiger partial charge in [0.15, 0.2) is 0 Å². The highest BCUT2D eigenvalue weighted by atomic mass is 19.1. The van der Waals surface area contributed by atoms with E-state index in [1.807, 2.05) is 37.3 Å². The number of ether oxygens (including phenoxy) is 1. The standard InChI is InChI=1S/C29H30FN5O2/c1-17-26(34(5)33-32-17)20-13-23-21(12-22(20)30)25-24(11-19(14-31-25)28(2,3)36)35(23)27(29(4)15-37-16-29)18-9-7-6-8-10-18/h6-14,27,36H,15-16H2,1-5H3. The second kappa shape index (κ2) is 8.19. The number of rotatable bonds is 5. The Hall–Kier alpha value is -3.62. The van der Waals surface area contributed by atoms with Crippen molar-refractivity contribution in [3.63, 3.8) is 0 Å². The topological polar surface area (TPSA) is 78.0 Å². The average molecular weight is 500 g/mol. The summed E-state index contributed by atoms with van der Waals surface area (Å²) in [5, 5.41) is 19.8. The second-order valence-corrected chi connectivity index (χ2v) is 11.0. The van der Waals surface area contributed by atoms with E-state index in [4.69, 9.17) is 9.72 Å². The number of fused-ring (bicyclic) bond motifs is 3. The minimum atomic E-state index is -1.08. The lowest BCUT2D eigenvalue weighted by Crippen LogP contribution is -2.47. The lowest BCUT2D eigenvalue weighted by molar-refractivity contribution is -0.120. The Labute approximate surface area is 214 Å². The van der Waals surface area contributed by atoms with E-state index in [2.05, 4.69) is 33.9 Å². The fourth-order valence-corrected chi connectivity index (χ4v) is 5.63. The van der Waals surface area contributed by atoms with Crippen molar-refractivity contribution in [2.45, 2.75) is 39.3 Å². The van der Waals surface area contributed by atoms with E-state index < -0.39 is 5.60 Å². The molecule has 6 rings (SSSR count). The first-order valence-corrected chi connectivity index (χ1v) is 12.4. The first-order valence-electron chi connectivity index (χ1n) is 12.4. The fraction of sp³-hybridized carbons (Fsp3) is 0.345. The quantitative estimate of drug-likeness (QED) is 0.356. The van der Waals surface area contributed by atoms with Gasteiger partial charge in [-0.05, 0) is 44.5 Å². The highest BCUT2D eigenvalue weighted by molar-refractivity contribution is 6.07. The Balaban J connectivity index is 1.75. The number of halogens is 1. The van der Waals surface area contributed by atoms with E-state index in [1.165, 1.54) is 0 Å². The monoisotopic (exact) mass is 499 g/mol. The second-order valence-electron chi connectivity index (χ2n) is 11.0. The smallest absolute Gasteiger partial charge is 0.133 e. The van der Waals surface area contributed by atoms with Gasteiger partial charge >= 0.3 is 0 Å². The molecule has 0 aliphatic carbocycles. The summed E-state index contributed by atoms with van der Waals surface area (Å²) in [5.74, 6) is -0.358. The molecule has 5 aromatic rings. The summed E-state index contributed by atoms with van der Waals surface area (Å²) >= 11 is 0. The van der Waals surface area contributed by atoms with E-state index in [0.29, 0.717) is 41.2 Å². The van der Waals surface area contributed by atoms with E-state index >= 15 is 4.39 Å². The first kappa shape index (κ1) is 23.8. The number of aliphatic hydroxyl groups is 1. The molecule has 1 atom stereocenters. The van der Waals surface area contributed by atoms with Crippen molar-refractivity contribution in [1.29, 1.82) is 0 Å². The molecule has 1 aliphatic heterocycles. The SMILES string of the molecule is Cc1nnn(C)c1-c1cc2c(cc1F)c1ncc(C(C)(C)O)cc1n2C(c1ccccc1)C1(C)COC1. The summed E-state index contributed by atoms with van der Waals surface area (Å²) in [4.78, 5) is 4.76. The van der Waals surface area contributed by atoms with E-state index in [1.54, 1.807) is 37.8 Å².